The molecule has 2 aliphatic heterocycles. The summed E-state index contributed by atoms with van der Waals surface area (Å²) in [5, 5.41) is 18.3. The lowest BCUT2D eigenvalue weighted by molar-refractivity contribution is -0.402. The zero-order chi connectivity index (χ0) is 24.5. The highest BCUT2D eigenvalue weighted by molar-refractivity contribution is 5.92. The van der Waals surface area contributed by atoms with Gasteiger partial charge >= 0.3 is 12.0 Å². The summed E-state index contributed by atoms with van der Waals surface area (Å²) in [4.78, 5) is 39.6. The van der Waals surface area contributed by atoms with Crippen LogP contribution in [-0.4, -0.2) is 75.6 Å². The summed E-state index contributed by atoms with van der Waals surface area (Å²) in [5.74, 6) is -1.57. The summed E-state index contributed by atoms with van der Waals surface area (Å²) in [5.41, 5.74) is 0.729. The van der Waals surface area contributed by atoms with Gasteiger partial charge in [-0.2, -0.15) is 0 Å². The minimum absolute atomic E-state index is 0.111. The summed E-state index contributed by atoms with van der Waals surface area (Å²) in [6.07, 6.45) is 2.19. The number of nitro groups is 1. The van der Waals surface area contributed by atoms with Crippen LogP contribution in [0.1, 0.15) is 10.6 Å². The first kappa shape index (κ1) is 22.3. The highest BCUT2D eigenvalue weighted by Gasteiger charge is 2.33. The van der Waals surface area contributed by atoms with Gasteiger partial charge in [-0.3, -0.25) is 19.8 Å². The molecule has 182 valence electrons. The number of nitrogens with zero attached hydrogens (tertiary/aromatic N) is 7. The Morgan fingerprint density at radius 3 is 2.66 bits per heavy atom. The van der Waals surface area contributed by atoms with Crippen molar-refractivity contribution in [2.24, 2.45) is 0 Å². The first-order chi connectivity index (χ1) is 16.9. The monoisotopic (exact) mass is 485 g/mol. The van der Waals surface area contributed by atoms with Crippen molar-refractivity contribution >= 4 is 29.3 Å². The Morgan fingerprint density at radius 1 is 1.20 bits per heavy atom. The number of amides is 2. The third kappa shape index (κ3) is 4.49. The van der Waals surface area contributed by atoms with Crippen LogP contribution in [0.25, 0.3) is 0 Å². The van der Waals surface area contributed by atoms with Crippen LogP contribution in [0.5, 0.6) is 0 Å². The number of aromatic nitrogens is 3. The maximum Gasteiger partial charge on any atom is 0.433 e. The fraction of sp³-hybridized carbons (Fsp3) is 0.333. The number of hydrogen-bond acceptors (Lipinski definition) is 9. The van der Waals surface area contributed by atoms with E-state index in [2.05, 4.69) is 10.3 Å². The van der Waals surface area contributed by atoms with E-state index in [4.69, 9.17) is 9.15 Å². The normalized spacial score (nSPS) is 18.1. The van der Waals surface area contributed by atoms with Gasteiger partial charge in [0.2, 0.25) is 0 Å². The van der Waals surface area contributed by atoms with E-state index in [1.165, 1.54) is 28.1 Å². The number of hydrogen-bond donors (Lipinski definition) is 0. The molecule has 0 unspecified atom stereocenters. The van der Waals surface area contributed by atoms with E-state index in [1.807, 2.05) is 0 Å². The van der Waals surface area contributed by atoms with Crippen LogP contribution in [0.2, 0.25) is 0 Å². The third-order valence-corrected chi connectivity index (χ3v) is 5.87. The molecule has 2 aromatic heterocycles. The number of anilines is 2. The van der Waals surface area contributed by atoms with Crippen LogP contribution in [0, 0.1) is 15.9 Å². The number of carbonyl (C=O) groups excluding carboxylic acids is 2. The molecule has 2 fully saturated rings. The molecule has 1 aromatic carbocycles. The van der Waals surface area contributed by atoms with E-state index in [0.717, 1.165) is 6.07 Å². The van der Waals surface area contributed by atoms with Crippen molar-refractivity contribution in [3.05, 3.63) is 64.4 Å². The first-order valence-electron chi connectivity index (χ1n) is 10.8. The van der Waals surface area contributed by atoms with Crippen molar-refractivity contribution in [3.63, 3.8) is 0 Å². The van der Waals surface area contributed by atoms with Crippen LogP contribution in [0.4, 0.5) is 26.4 Å². The Hall–Kier alpha value is -4.49. The van der Waals surface area contributed by atoms with E-state index in [0.29, 0.717) is 31.0 Å². The molecule has 13 nitrogen and oxygen atoms in total. The molecule has 2 saturated heterocycles. The van der Waals surface area contributed by atoms with Crippen LogP contribution in [0.15, 0.2) is 47.1 Å². The quantitative estimate of drug-likeness (QED) is 0.378. The molecule has 3 aromatic rings. The number of benzene rings is 1. The minimum Gasteiger partial charge on any atom is -0.442 e. The molecule has 2 aliphatic rings. The van der Waals surface area contributed by atoms with Crippen molar-refractivity contribution in [2.45, 2.75) is 12.6 Å². The molecular weight excluding hydrogens is 465 g/mol. The molecule has 0 bridgehead atoms. The van der Waals surface area contributed by atoms with Gasteiger partial charge in [0.25, 0.3) is 5.91 Å². The lowest BCUT2D eigenvalue weighted by Crippen LogP contribution is -2.49. The van der Waals surface area contributed by atoms with Crippen molar-refractivity contribution in [1.82, 2.24) is 19.9 Å². The lowest BCUT2D eigenvalue weighted by atomic mass is 10.2. The maximum absolute atomic E-state index is 15.0. The molecule has 1 atom stereocenters. The van der Waals surface area contributed by atoms with Crippen LogP contribution >= 0.6 is 0 Å². The summed E-state index contributed by atoms with van der Waals surface area (Å²) < 4.78 is 26.9. The topological polar surface area (TPSA) is 140 Å². The number of halogens is 1. The van der Waals surface area contributed by atoms with E-state index in [9.17, 15) is 19.7 Å². The highest BCUT2D eigenvalue weighted by atomic mass is 19.1. The zero-order valence-electron chi connectivity index (χ0n) is 18.3. The Labute approximate surface area is 197 Å². The van der Waals surface area contributed by atoms with Gasteiger partial charge in [0.15, 0.2) is 5.76 Å². The largest absolute Gasteiger partial charge is 0.442 e. The molecule has 5 rings (SSSR count). The number of cyclic esters (lactones) is 1. The molecule has 0 N–H and O–H groups in total. The number of ether oxygens (including phenoxy) is 1. The molecule has 0 spiro atoms. The Kier molecular flexibility index (Phi) is 5.76. The summed E-state index contributed by atoms with van der Waals surface area (Å²) >= 11 is 0. The molecule has 35 heavy (non-hydrogen) atoms. The van der Waals surface area contributed by atoms with Gasteiger partial charge in [0.1, 0.15) is 16.8 Å². The van der Waals surface area contributed by atoms with Crippen LogP contribution < -0.4 is 9.80 Å². The fourth-order valence-electron chi connectivity index (χ4n) is 4.13. The average molecular weight is 485 g/mol. The summed E-state index contributed by atoms with van der Waals surface area (Å²) in [7, 11) is 0. The van der Waals surface area contributed by atoms with Crippen molar-refractivity contribution in [3.8, 4) is 0 Å². The molecule has 14 heteroatoms. The summed E-state index contributed by atoms with van der Waals surface area (Å²) in [6.45, 7) is 1.89. The van der Waals surface area contributed by atoms with Gasteiger partial charge < -0.3 is 19.0 Å². The number of carbonyl (C=O) groups is 2. The van der Waals surface area contributed by atoms with Gasteiger partial charge in [0, 0.05) is 32.4 Å². The first-order valence-corrected chi connectivity index (χ1v) is 10.8. The van der Waals surface area contributed by atoms with E-state index in [1.54, 1.807) is 27.9 Å². The van der Waals surface area contributed by atoms with Crippen molar-refractivity contribution in [1.29, 1.82) is 0 Å². The number of rotatable bonds is 6. The predicted molar refractivity (Wildman–Crippen MR) is 118 cm³/mol. The molecular formula is C21H20FN7O6. The van der Waals surface area contributed by atoms with E-state index >= 15 is 4.39 Å². The van der Waals surface area contributed by atoms with E-state index < -0.39 is 34.7 Å². The fourth-order valence-corrected chi connectivity index (χ4v) is 4.13. The lowest BCUT2D eigenvalue weighted by Gasteiger charge is -2.36. The third-order valence-electron chi connectivity index (χ3n) is 5.87. The summed E-state index contributed by atoms with van der Waals surface area (Å²) in [6, 6.07) is 6.93. The molecule has 4 heterocycles. The second-order valence-corrected chi connectivity index (χ2v) is 8.05. The molecule has 0 aliphatic carbocycles. The van der Waals surface area contributed by atoms with Crippen LogP contribution in [0.3, 0.4) is 0 Å². The van der Waals surface area contributed by atoms with E-state index in [-0.39, 0.29) is 25.4 Å². The number of furan rings is 1. The molecule has 2 amide bonds. The second kappa shape index (κ2) is 9.04. The van der Waals surface area contributed by atoms with Gasteiger partial charge in [-0.1, -0.05) is 5.21 Å². The van der Waals surface area contributed by atoms with Gasteiger partial charge in [-0.05, 0) is 24.3 Å². The average Bonchev–Trinajstić information content (AvgIpc) is 3.60. The Bertz CT molecular complexity index is 1250. The Balaban J connectivity index is 1.20. The van der Waals surface area contributed by atoms with Crippen LogP contribution in [-0.2, 0) is 11.3 Å². The van der Waals surface area contributed by atoms with Gasteiger partial charge in [-0.15, -0.1) is 5.10 Å². The smallest absolute Gasteiger partial charge is 0.433 e. The second-order valence-electron chi connectivity index (χ2n) is 8.05. The van der Waals surface area contributed by atoms with Crippen molar-refractivity contribution in [2.75, 3.05) is 42.5 Å². The van der Waals surface area contributed by atoms with Crippen molar-refractivity contribution < 1.29 is 28.1 Å². The predicted octanol–water partition coefficient (Wildman–Crippen LogP) is 1.91. The highest BCUT2D eigenvalue weighted by Crippen LogP contribution is 2.29. The maximum atomic E-state index is 15.0. The number of piperazine rings is 1. The SMILES string of the molecule is O=C(c1ccc([N+](=O)[O-])o1)N1CCN(c2ccc(N3C[C@H](Cn4ccnn4)OC3=O)cc2F)CC1. The Morgan fingerprint density at radius 2 is 2.00 bits per heavy atom. The van der Waals surface area contributed by atoms with Gasteiger partial charge in [0.05, 0.1) is 36.7 Å². The molecule has 0 saturated carbocycles. The minimum atomic E-state index is -0.708. The molecule has 0 radical (unpaired) electrons. The van der Waals surface area contributed by atoms with Gasteiger partial charge in [-0.25, -0.2) is 13.9 Å². The standard InChI is InChI=1S/C21H20FN7O6/c22-16-11-14(28-13-15(34-21(28)31)12-27-6-5-23-24-27)1-2-17(16)25-7-9-26(10-8-25)20(30)18-3-4-19(35-18)29(32)33/h1-6,11,15H,7-10,12-13H2/t15-/m0/s1. The zero-order valence-corrected chi connectivity index (χ0v) is 18.3.